The van der Waals surface area contributed by atoms with Crippen LogP contribution in [0.3, 0.4) is 0 Å². The van der Waals surface area contributed by atoms with Crippen LogP contribution in [0.15, 0.2) is 0 Å². The van der Waals surface area contributed by atoms with E-state index < -0.39 is 12.1 Å². The predicted octanol–water partition coefficient (Wildman–Crippen LogP) is 15.2. The van der Waals surface area contributed by atoms with Gasteiger partial charge < -0.3 is 24.2 Å². The number of rotatable bonds is 48. The van der Waals surface area contributed by atoms with Gasteiger partial charge in [0.05, 0.1) is 12.5 Å². The molecule has 0 bridgehead atoms. The second-order valence-electron chi connectivity index (χ2n) is 19.0. The van der Waals surface area contributed by atoms with Gasteiger partial charge in [0.25, 0.3) is 0 Å². The molecule has 0 aromatic carbocycles. The predicted molar refractivity (Wildman–Crippen MR) is 266 cm³/mol. The highest BCUT2D eigenvalue weighted by Crippen LogP contribution is 2.29. The molecular weight excluding hydrogens is 789 g/mol. The lowest BCUT2D eigenvalue weighted by atomic mass is 9.84. The van der Waals surface area contributed by atoms with Crippen LogP contribution < -0.4 is 0 Å². The van der Waals surface area contributed by atoms with E-state index in [0.717, 1.165) is 135 Å². The Balaban J connectivity index is 5.31. The zero-order valence-electron chi connectivity index (χ0n) is 42.9. The summed E-state index contributed by atoms with van der Waals surface area (Å²) >= 11 is 0. The van der Waals surface area contributed by atoms with E-state index in [2.05, 4.69) is 58.3 Å². The molecule has 63 heavy (non-hydrogen) atoms. The number of nitrogens with zero attached hydrogens (tertiary/aromatic N) is 2. The van der Waals surface area contributed by atoms with E-state index in [1.807, 2.05) is 0 Å². The van der Waals surface area contributed by atoms with E-state index in [4.69, 9.17) is 19.3 Å². The van der Waals surface area contributed by atoms with E-state index in [-0.39, 0.29) is 24.4 Å². The van der Waals surface area contributed by atoms with Gasteiger partial charge in [0.1, 0.15) is 12.7 Å². The van der Waals surface area contributed by atoms with Crippen LogP contribution in [0.4, 0.5) is 4.79 Å². The highest BCUT2D eigenvalue weighted by Gasteiger charge is 2.25. The quantitative estimate of drug-likeness (QED) is 0.0472. The Morgan fingerprint density at radius 1 is 0.460 bits per heavy atom. The molecule has 0 aliphatic heterocycles. The lowest BCUT2D eigenvalue weighted by Gasteiger charge is -2.25. The van der Waals surface area contributed by atoms with Crippen LogP contribution in [0.2, 0.25) is 0 Å². The third-order valence-electron chi connectivity index (χ3n) is 13.5. The minimum absolute atomic E-state index is 0.00214. The number of hydrogen-bond donors (Lipinski definition) is 1. The zero-order chi connectivity index (χ0) is 46.6. The number of esters is 1. The summed E-state index contributed by atoms with van der Waals surface area (Å²) in [5.74, 6) is 0.433. The number of unbranched alkanes of at least 4 members (excludes halogenated alkanes) is 17. The fourth-order valence-corrected chi connectivity index (χ4v) is 9.04. The Kier molecular flexibility index (Phi) is 43.9. The topological polar surface area (TPSA) is 106 Å². The molecule has 0 saturated heterocycles. The third-order valence-corrected chi connectivity index (χ3v) is 13.5. The van der Waals surface area contributed by atoms with Crippen molar-refractivity contribution in [2.45, 2.75) is 260 Å². The molecule has 0 rings (SSSR count). The summed E-state index contributed by atoms with van der Waals surface area (Å²) in [5.41, 5.74) is 0. The summed E-state index contributed by atoms with van der Waals surface area (Å²) in [4.78, 5) is 42.4. The maximum atomic E-state index is 13.9. The number of carbonyl (C=O) groups is 3. The first-order chi connectivity index (χ1) is 30.7. The number of aliphatic carboxylic acids is 1. The van der Waals surface area contributed by atoms with Crippen molar-refractivity contribution in [2.24, 2.45) is 17.8 Å². The Morgan fingerprint density at radius 3 is 1.44 bits per heavy atom. The number of likely N-dealkylation sites (N-methyl/N-ethyl adjacent to an activating group) is 2. The first-order valence-corrected chi connectivity index (χ1v) is 27.3. The summed E-state index contributed by atoms with van der Waals surface area (Å²) in [5, 5.41) is 8.92. The molecule has 0 radical (unpaired) electrons. The van der Waals surface area contributed by atoms with Gasteiger partial charge in [-0.2, -0.15) is 0 Å². The smallest absolute Gasteiger partial charge is 0.481 e. The van der Waals surface area contributed by atoms with E-state index in [9.17, 15) is 14.4 Å². The number of hydrogen-bond acceptors (Lipinski definition) is 8. The summed E-state index contributed by atoms with van der Waals surface area (Å²) < 4.78 is 17.8. The van der Waals surface area contributed by atoms with Gasteiger partial charge in [-0.05, 0) is 89.3 Å². The normalized spacial score (nSPS) is 13.6. The first kappa shape index (κ1) is 61.1. The molecule has 0 spiro atoms. The van der Waals surface area contributed by atoms with Crippen molar-refractivity contribution >= 4 is 18.1 Å². The molecule has 0 aliphatic carbocycles. The summed E-state index contributed by atoms with van der Waals surface area (Å²) in [6.07, 6.45) is 34.1. The third kappa shape index (κ3) is 38.0. The molecule has 1 N–H and O–H groups in total. The SMILES string of the molecule is CCCCCCC(CCCC)COC(=O)C(CCCCCCCC(CCCCCCCCC(=O)O)OC(=O)OCCN(CC)CCN(CC)CC)CC(CCCC)CCCCCC. The Labute approximate surface area is 390 Å². The van der Waals surface area contributed by atoms with Crippen molar-refractivity contribution in [3.63, 3.8) is 0 Å². The van der Waals surface area contributed by atoms with Crippen LogP contribution in [-0.4, -0.2) is 91.6 Å². The van der Waals surface area contributed by atoms with Crippen molar-refractivity contribution in [3.8, 4) is 0 Å². The second kappa shape index (κ2) is 45.3. The first-order valence-electron chi connectivity index (χ1n) is 27.3. The molecule has 0 saturated carbocycles. The largest absolute Gasteiger partial charge is 0.508 e. The van der Waals surface area contributed by atoms with Gasteiger partial charge in [-0.25, -0.2) is 4.79 Å². The highest BCUT2D eigenvalue weighted by atomic mass is 16.7. The summed E-state index contributed by atoms with van der Waals surface area (Å²) in [6.45, 7) is 22.2. The van der Waals surface area contributed by atoms with Gasteiger partial charge in [-0.15, -0.1) is 0 Å². The van der Waals surface area contributed by atoms with E-state index in [0.29, 0.717) is 31.6 Å². The van der Waals surface area contributed by atoms with Gasteiger partial charge in [0, 0.05) is 26.1 Å². The van der Waals surface area contributed by atoms with Crippen LogP contribution in [0, 0.1) is 17.8 Å². The Bertz CT molecular complexity index is 1020. The highest BCUT2D eigenvalue weighted by molar-refractivity contribution is 5.72. The van der Waals surface area contributed by atoms with Gasteiger partial charge in [0.2, 0.25) is 0 Å². The summed E-state index contributed by atoms with van der Waals surface area (Å²) in [7, 11) is 0. The average molecular weight is 895 g/mol. The molecule has 4 atom stereocenters. The summed E-state index contributed by atoms with van der Waals surface area (Å²) in [6, 6.07) is 0. The Morgan fingerprint density at radius 2 is 0.905 bits per heavy atom. The molecular formula is C54H106N2O7. The van der Waals surface area contributed by atoms with E-state index in [1.54, 1.807) is 0 Å². The number of ether oxygens (including phenoxy) is 3. The van der Waals surface area contributed by atoms with Crippen LogP contribution in [-0.2, 0) is 23.8 Å². The van der Waals surface area contributed by atoms with E-state index >= 15 is 0 Å². The molecule has 9 heteroatoms. The molecule has 0 heterocycles. The fraction of sp³-hybridized carbons (Fsp3) is 0.944. The maximum Gasteiger partial charge on any atom is 0.508 e. The minimum Gasteiger partial charge on any atom is -0.481 e. The van der Waals surface area contributed by atoms with Crippen LogP contribution in [0.5, 0.6) is 0 Å². The molecule has 0 amide bonds. The molecule has 9 nitrogen and oxygen atoms in total. The standard InChI is InChI=1S/C54H106N2O7/c1-8-15-19-28-36-48(34-17-10-3)46-50(53(59)62-47-49(35-18-11-4)37-29-20-16-9-2)38-30-24-23-26-32-40-51(39-31-25-21-22-27-33-41-52(57)58)63-54(60)61-45-44-56(14-7)43-42-55(12-5)13-6/h48-51H,8-47H2,1-7H3,(H,57,58). The van der Waals surface area contributed by atoms with Crippen molar-refractivity contribution in [1.29, 1.82) is 0 Å². The van der Waals surface area contributed by atoms with Crippen molar-refractivity contribution in [3.05, 3.63) is 0 Å². The second-order valence-corrected chi connectivity index (χ2v) is 19.0. The molecule has 0 fully saturated rings. The van der Waals surface area contributed by atoms with Crippen molar-refractivity contribution < 1.29 is 33.7 Å². The minimum atomic E-state index is -0.720. The number of carbonyl (C=O) groups excluding carboxylic acids is 2. The maximum absolute atomic E-state index is 13.9. The Hall–Kier alpha value is -1.87. The lowest BCUT2D eigenvalue weighted by Crippen LogP contribution is -2.37. The van der Waals surface area contributed by atoms with Crippen LogP contribution in [0.25, 0.3) is 0 Å². The van der Waals surface area contributed by atoms with Crippen LogP contribution in [0.1, 0.15) is 254 Å². The molecule has 0 aliphatic rings. The number of carboxylic acid groups (broad SMARTS) is 1. The number of carboxylic acids is 1. The van der Waals surface area contributed by atoms with E-state index in [1.165, 1.54) is 96.3 Å². The van der Waals surface area contributed by atoms with Gasteiger partial charge >= 0.3 is 18.1 Å². The van der Waals surface area contributed by atoms with Crippen molar-refractivity contribution in [2.75, 3.05) is 52.5 Å². The molecule has 0 aromatic heterocycles. The molecule has 4 unspecified atom stereocenters. The average Bonchev–Trinajstić information content (AvgIpc) is 3.28. The van der Waals surface area contributed by atoms with Gasteiger partial charge in [-0.1, -0.05) is 190 Å². The van der Waals surface area contributed by atoms with Crippen LogP contribution >= 0.6 is 0 Å². The van der Waals surface area contributed by atoms with Gasteiger partial charge in [-0.3, -0.25) is 14.5 Å². The lowest BCUT2D eigenvalue weighted by molar-refractivity contribution is -0.151. The molecule has 374 valence electrons. The monoisotopic (exact) mass is 895 g/mol. The fourth-order valence-electron chi connectivity index (χ4n) is 9.04. The zero-order valence-corrected chi connectivity index (χ0v) is 42.9. The van der Waals surface area contributed by atoms with Crippen molar-refractivity contribution in [1.82, 2.24) is 9.80 Å². The molecule has 0 aromatic rings. The van der Waals surface area contributed by atoms with Gasteiger partial charge in [0.15, 0.2) is 0 Å².